The third kappa shape index (κ3) is 5.09. The molecular weight excluding hydrogens is 292 g/mol. The second-order valence-electron chi connectivity index (χ2n) is 5.59. The van der Waals surface area contributed by atoms with Crippen LogP contribution in [0.15, 0.2) is 0 Å². The number of rotatable bonds is 4. The van der Waals surface area contributed by atoms with E-state index in [1.807, 2.05) is 0 Å². The fourth-order valence-corrected chi connectivity index (χ4v) is 1.57. The van der Waals surface area contributed by atoms with E-state index in [0.29, 0.717) is 5.06 Å². The van der Waals surface area contributed by atoms with Crippen LogP contribution in [0.3, 0.4) is 0 Å². The first-order valence-corrected chi connectivity index (χ1v) is 6.62. The number of hydrogen-bond donors (Lipinski definition) is 0. The van der Waals surface area contributed by atoms with Gasteiger partial charge >= 0.3 is 12.1 Å². The van der Waals surface area contributed by atoms with Crippen LogP contribution in [-0.4, -0.2) is 52.5 Å². The molecule has 1 rings (SSSR count). The van der Waals surface area contributed by atoms with Gasteiger partial charge in [-0.1, -0.05) is 5.92 Å². The summed E-state index contributed by atoms with van der Waals surface area (Å²) in [5.74, 6) is 0.0708. The van der Waals surface area contributed by atoms with Crippen LogP contribution in [0.4, 0.5) is 4.79 Å². The molecule has 8 heteroatoms. The summed E-state index contributed by atoms with van der Waals surface area (Å²) in [6.45, 7) is 4.29. The lowest BCUT2D eigenvalue weighted by atomic mass is 10.2. The smallest absolute Gasteiger partial charge is 0.411 e. The predicted octanol–water partition coefficient (Wildman–Crippen LogP) is 0.464. The normalized spacial score (nSPS) is 14.5. The van der Waals surface area contributed by atoms with Gasteiger partial charge in [0.25, 0.3) is 11.8 Å². The Hall–Kier alpha value is -2.56. The van der Waals surface area contributed by atoms with Gasteiger partial charge < -0.3 is 9.57 Å². The fraction of sp³-hybridized carbons (Fsp3) is 0.571. The van der Waals surface area contributed by atoms with Crippen molar-refractivity contribution in [1.82, 2.24) is 9.96 Å². The molecule has 3 amide bonds. The molecule has 0 unspecified atom stereocenters. The summed E-state index contributed by atoms with van der Waals surface area (Å²) in [6, 6.07) is 0. The monoisotopic (exact) mass is 310 g/mol. The molecule has 0 bridgehead atoms. The summed E-state index contributed by atoms with van der Waals surface area (Å²) in [7, 11) is 0. The van der Waals surface area contributed by atoms with Gasteiger partial charge in [0.15, 0.2) is 0 Å². The van der Waals surface area contributed by atoms with E-state index >= 15 is 0 Å². The molecule has 0 aromatic rings. The van der Waals surface area contributed by atoms with E-state index in [1.165, 1.54) is 0 Å². The topological polar surface area (TPSA) is 93.2 Å². The van der Waals surface area contributed by atoms with E-state index in [9.17, 15) is 19.2 Å². The maximum Gasteiger partial charge on any atom is 0.411 e. The molecular formula is C14H18N2O6. The molecule has 120 valence electrons. The highest BCUT2D eigenvalue weighted by atomic mass is 16.7. The first kappa shape index (κ1) is 17.5. The Balaban J connectivity index is 2.64. The van der Waals surface area contributed by atoms with Crippen molar-refractivity contribution in [3.63, 3.8) is 0 Å². The minimum atomic E-state index is -0.954. The molecule has 1 aliphatic rings. The molecule has 8 nitrogen and oxygen atoms in total. The highest BCUT2D eigenvalue weighted by Crippen LogP contribution is 2.13. The Morgan fingerprint density at radius 1 is 1.27 bits per heavy atom. The maximum absolute atomic E-state index is 11.9. The molecule has 0 atom stereocenters. The van der Waals surface area contributed by atoms with E-state index in [-0.39, 0.29) is 19.4 Å². The van der Waals surface area contributed by atoms with Gasteiger partial charge in [-0.3, -0.25) is 14.5 Å². The van der Waals surface area contributed by atoms with Gasteiger partial charge in [0.2, 0.25) is 0 Å². The molecule has 0 saturated carbocycles. The molecule has 0 radical (unpaired) electrons. The first-order valence-electron chi connectivity index (χ1n) is 6.62. The van der Waals surface area contributed by atoms with E-state index < -0.39 is 36.0 Å². The molecule has 0 aliphatic carbocycles. The molecule has 0 N–H and O–H groups in total. The largest absolute Gasteiger partial charge is 0.444 e. The molecule has 1 saturated heterocycles. The Bertz CT molecular complexity index is 512. The molecule has 1 fully saturated rings. The summed E-state index contributed by atoms with van der Waals surface area (Å²) >= 11 is 0. The van der Waals surface area contributed by atoms with Crippen molar-refractivity contribution in [1.29, 1.82) is 0 Å². The van der Waals surface area contributed by atoms with Crippen molar-refractivity contribution in [2.45, 2.75) is 39.2 Å². The van der Waals surface area contributed by atoms with Crippen molar-refractivity contribution in [2.75, 3.05) is 13.1 Å². The minimum absolute atomic E-state index is 0.00769. The van der Waals surface area contributed by atoms with Crippen molar-refractivity contribution in [2.24, 2.45) is 0 Å². The summed E-state index contributed by atoms with van der Waals surface area (Å²) in [5.41, 5.74) is -0.755. The first-order chi connectivity index (χ1) is 10.1. The van der Waals surface area contributed by atoms with E-state index in [1.54, 1.807) is 20.8 Å². The second-order valence-corrected chi connectivity index (χ2v) is 5.59. The van der Waals surface area contributed by atoms with Gasteiger partial charge in [-0.2, -0.15) is 0 Å². The number of terminal acetylenes is 1. The third-order valence-corrected chi connectivity index (χ3v) is 2.45. The van der Waals surface area contributed by atoms with E-state index in [2.05, 4.69) is 10.8 Å². The number of carbonyl (C=O) groups excluding carboxylic acids is 4. The van der Waals surface area contributed by atoms with Crippen LogP contribution in [0.2, 0.25) is 0 Å². The number of imide groups is 1. The summed E-state index contributed by atoms with van der Waals surface area (Å²) in [5, 5.41) is 0.408. The molecule has 0 spiro atoms. The van der Waals surface area contributed by atoms with Gasteiger partial charge in [-0.25, -0.2) is 9.59 Å². The lowest BCUT2D eigenvalue weighted by Crippen LogP contribution is -2.42. The van der Waals surface area contributed by atoms with Crippen LogP contribution < -0.4 is 0 Å². The van der Waals surface area contributed by atoms with Crippen LogP contribution in [0, 0.1) is 12.3 Å². The Morgan fingerprint density at radius 2 is 1.82 bits per heavy atom. The number of carbonyl (C=O) groups is 4. The highest BCUT2D eigenvalue weighted by Gasteiger charge is 2.34. The lowest BCUT2D eigenvalue weighted by Gasteiger charge is -2.25. The Kier molecular flexibility index (Phi) is 5.51. The molecule has 0 aromatic carbocycles. The second kappa shape index (κ2) is 6.93. The number of hydroxylamine groups is 2. The van der Waals surface area contributed by atoms with Crippen molar-refractivity contribution in [3.8, 4) is 12.3 Å². The van der Waals surface area contributed by atoms with Crippen LogP contribution in [-0.2, 0) is 24.0 Å². The van der Waals surface area contributed by atoms with Gasteiger partial charge in [0, 0.05) is 12.8 Å². The average molecular weight is 310 g/mol. The van der Waals surface area contributed by atoms with Crippen LogP contribution in [0.1, 0.15) is 33.6 Å². The standard InChI is InChI=1S/C14H18N2O6/c1-5-8-15(13(20)21-14(2,3)4)9-12(19)22-16-10(17)6-7-11(16)18/h1H,6-9H2,2-4H3. The van der Waals surface area contributed by atoms with Crippen molar-refractivity contribution < 1.29 is 28.8 Å². The number of ether oxygens (including phenoxy) is 1. The molecule has 0 aromatic heterocycles. The van der Waals surface area contributed by atoms with Crippen LogP contribution >= 0.6 is 0 Å². The lowest BCUT2D eigenvalue weighted by molar-refractivity contribution is -0.197. The number of amides is 3. The SMILES string of the molecule is C#CCN(CC(=O)ON1C(=O)CCC1=O)C(=O)OC(C)(C)C. The summed E-state index contributed by atoms with van der Waals surface area (Å²) < 4.78 is 5.10. The Morgan fingerprint density at radius 3 is 2.27 bits per heavy atom. The van der Waals surface area contributed by atoms with Crippen LogP contribution in [0.25, 0.3) is 0 Å². The van der Waals surface area contributed by atoms with Crippen molar-refractivity contribution in [3.05, 3.63) is 0 Å². The molecule has 1 aliphatic heterocycles. The fourth-order valence-electron chi connectivity index (χ4n) is 1.57. The van der Waals surface area contributed by atoms with Crippen LogP contribution in [0.5, 0.6) is 0 Å². The third-order valence-electron chi connectivity index (χ3n) is 2.45. The van der Waals surface area contributed by atoms with Crippen molar-refractivity contribution >= 4 is 23.9 Å². The number of nitrogens with zero attached hydrogens (tertiary/aromatic N) is 2. The predicted molar refractivity (Wildman–Crippen MR) is 73.8 cm³/mol. The number of hydrogen-bond acceptors (Lipinski definition) is 6. The summed E-state index contributed by atoms with van der Waals surface area (Å²) in [4.78, 5) is 52.0. The molecule has 1 heterocycles. The zero-order chi connectivity index (χ0) is 16.9. The van der Waals surface area contributed by atoms with E-state index in [4.69, 9.17) is 11.2 Å². The zero-order valence-corrected chi connectivity index (χ0v) is 12.7. The highest BCUT2D eigenvalue weighted by molar-refractivity contribution is 6.01. The van der Waals surface area contributed by atoms with E-state index in [0.717, 1.165) is 4.90 Å². The summed E-state index contributed by atoms with van der Waals surface area (Å²) in [6.07, 6.45) is 4.34. The van der Waals surface area contributed by atoms with Gasteiger partial charge in [0.1, 0.15) is 12.1 Å². The Labute approximate surface area is 128 Å². The minimum Gasteiger partial charge on any atom is -0.444 e. The van der Waals surface area contributed by atoms with Gasteiger partial charge in [0.05, 0.1) is 6.54 Å². The quantitative estimate of drug-likeness (QED) is 0.553. The maximum atomic E-state index is 11.9. The molecule has 22 heavy (non-hydrogen) atoms. The van der Waals surface area contributed by atoms with Gasteiger partial charge in [-0.15, -0.1) is 11.5 Å². The zero-order valence-electron chi connectivity index (χ0n) is 12.7. The average Bonchev–Trinajstić information content (AvgIpc) is 2.68. The van der Waals surface area contributed by atoms with Gasteiger partial charge in [-0.05, 0) is 20.8 Å².